The van der Waals surface area contributed by atoms with E-state index in [1.54, 1.807) is 13.8 Å². The second-order valence-electron chi connectivity index (χ2n) is 7.87. The molecule has 2 rings (SSSR count). The minimum atomic E-state index is -3.57. The molecule has 156 valence electrons. The van der Waals surface area contributed by atoms with Crippen LogP contribution in [0, 0.1) is 5.92 Å². The molecule has 1 aliphatic heterocycles. The maximum absolute atomic E-state index is 12.5. The van der Waals surface area contributed by atoms with Crippen molar-refractivity contribution >= 4 is 21.8 Å². The molecule has 28 heavy (non-hydrogen) atoms. The van der Waals surface area contributed by atoms with E-state index < -0.39 is 10.0 Å². The van der Waals surface area contributed by atoms with Crippen molar-refractivity contribution in [1.82, 2.24) is 14.5 Å². The number of amides is 2. The minimum absolute atomic E-state index is 0.0131. The third kappa shape index (κ3) is 5.11. The summed E-state index contributed by atoms with van der Waals surface area (Å²) in [5.74, 6) is -0.0987. The van der Waals surface area contributed by atoms with Crippen molar-refractivity contribution in [3.05, 3.63) is 29.8 Å². The van der Waals surface area contributed by atoms with Crippen LogP contribution in [0.5, 0.6) is 0 Å². The average Bonchev–Trinajstić information content (AvgIpc) is 2.67. The lowest BCUT2D eigenvalue weighted by atomic mass is 10.0. The summed E-state index contributed by atoms with van der Waals surface area (Å²) in [6, 6.07) is 5.86. The van der Waals surface area contributed by atoms with Gasteiger partial charge in [-0.3, -0.25) is 9.59 Å². The van der Waals surface area contributed by atoms with Crippen LogP contribution < -0.4 is 5.32 Å². The summed E-state index contributed by atoms with van der Waals surface area (Å²) < 4.78 is 26.3. The quantitative estimate of drug-likeness (QED) is 0.779. The second-order valence-corrected chi connectivity index (χ2v) is 9.86. The maximum atomic E-state index is 12.5. The summed E-state index contributed by atoms with van der Waals surface area (Å²) in [4.78, 5) is 26.5. The fraction of sp³-hybridized carbons (Fsp3) is 0.600. The summed E-state index contributed by atoms with van der Waals surface area (Å²) in [5, 5.41) is 2.99. The molecule has 8 heteroatoms. The Labute approximate surface area is 168 Å². The van der Waals surface area contributed by atoms with Gasteiger partial charge in [0.05, 0.1) is 4.90 Å². The molecule has 0 atom stereocenters. The van der Waals surface area contributed by atoms with Gasteiger partial charge >= 0.3 is 0 Å². The first-order valence-electron chi connectivity index (χ1n) is 9.71. The molecule has 0 spiro atoms. The molecule has 0 bridgehead atoms. The molecular weight excluding hydrogens is 378 g/mol. The Balaban J connectivity index is 1.96. The van der Waals surface area contributed by atoms with E-state index in [0.717, 1.165) is 12.8 Å². The lowest BCUT2D eigenvalue weighted by molar-refractivity contribution is -0.135. The third-order valence-corrected chi connectivity index (χ3v) is 7.20. The van der Waals surface area contributed by atoms with Crippen LogP contribution in [-0.2, 0) is 14.8 Å². The average molecular weight is 410 g/mol. The van der Waals surface area contributed by atoms with Crippen molar-refractivity contribution in [1.29, 1.82) is 0 Å². The number of rotatable bonds is 6. The first-order valence-corrected chi connectivity index (χ1v) is 11.2. The van der Waals surface area contributed by atoms with Crippen LogP contribution in [0.15, 0.2) is 29.2 Å². The van der Waals surface area contributed by atoms with E-state index in [2.05, 4.69) is 5.32 Å². The van der Waals surface area contributed by atoms with Gasteiger partial charge in [-0.2, -0.15) is 4.31 Å². The molecule has 1 saturated heterocycles. The first kappa shape index (κ1) is 22.4. The lowest BCUT2D eigenvalue weighted by Gasteiger charge is -2.33. The summed E-state index contributed by atoms with van der Waals surface area (Å²) in [6.45, 7) is 8.66. The molecule has 1 heterocycles. The van der Waals surface area contributed by atoms with Gasteiger partial charge in [0.25, 0.3) is 5.91 Å². The fourth-order valence-electron chi connectivity index (χ4n) is 3.10. The molecule has 1 fully saturated rings. The Hall–Kier alpha value is -1.93. The molecule has 7 nitrogen and oxygen atoms in total. The van der Waals surface area contributed by atoms with Crippen LogP contribution in [-0.4, -0.2) is 61.7 Å². The Morgan fingerprint density at radius 2 is 1.61 bits per heavy atom. The van der Waals surface area contributed by atoms with Crippen LogP contribution in [0.2, 0.25) is 0 Å². The molecule has 0 radical (unpaired) electrons. The molecule has 2 amide bonds. The van der Waals surface area contributed by atoms with Gasteiger partial charge in [0.2, 0.25) is 15.9 Å². The van der Waals surface area contributed by atoms with E-state index >= 15 is 0 Å². The Morgan fingerprint density at radius 1 is 1.07 bits per heavy atom. The van der Waals surface area contributed by atoms with Crippen molar-refractivity contribution in [2.45, 2.75) is 57.5 Å². The number of hydrogen-bond donors (Lipinski definition) is 1. The largest absolute Gasteiger partial charge is 0.349 e. The SMILES string of the molecule is CC(C)C(=O)N1CCC(NC(=O)c2ccc(S(=O)(=O)N(C)C(C)C)cc2)CC1. The predicted molar refractivity (Wildman–Crippen MR) is 108 cm³/mol. The summed E-state index contributed by atoms with van der Waals surface area (Å²) in [5.41, 5.74) is 0.423. The summed E-state index contributed by atoms with van der Waals surface area (Å²) in [6.07, 6.45) is 1.44. The van der Waals surface area contributed by atoms with Crippen LogP contribution >= 0.6 is 0 Å². The summed E-state index contributed by atoms with van der Waals surface area (Å²) >= 11 is 0. The number of nitrogens with zero attached hydrogens (tertiary/aromatic N) is 2. The maximum Gasteiger partial charge on any atom is 0.251 e. The predicted octanol–water partition coefficient (Wildman–Crippen LogP) is 2.09. The molecule has 0 unspecified atom stereocenters. The van der Waals surface area contributed by atoms with Crippen molar-refractivity contribution in [3.8, 4) is 0 Å². The zero-order valence-corrected chi connectivity index (χ0v) is 18.1. The van der Waals surface area contributed by atoms with E-state index in [4.69, 9.17) is 0 Å². The van der Waals surface area contributed by atoms with Gasteiger partial charge in [-0.05, 0) is 51.0 Å². The van der Waals surface area contributed by atoms with Crippen molar-refractivity contribution < 1.29 is 18.0 Å². The lowest BCUT2D eigenvalue weighted by Crippen LogP contribution is -2.47. The van der Waals surface area contributed by atoms with Crippen molar-refractivity contribution in [2.75, 3.05) is 20.1 Å². The molecular formula is C20H31N3O4S. The van der Waals surface area contributed by atoms with Crippen LogP contribution in [0.3, 0.4) is 0 Å². The Morgan fingerprint density at radius 3 is 2.07 bits per heavy atom. The highest BCUT2D eigenvalue weighted by Gasteiger charge is 2.26. The molecule has 1 aromatic carbocycles. The van der Waals surface area contributed by atoms with Crippen molar-refractivity contribution in [2.24, 2.45) is 5.92 Å². The van der Waals surface area contributed by atoms with E-state index in [1.807, 2.05) is 18.7 Å². The zero-order chi connectivity index (χ0) is 21.1. The number of nitrogens with one attached hydrogen (secondary N) is 1. The number of hydrogen-bond acceptors (Lipinski definition) is 4. The van der Waals surface area contributed by atoms with E-state index in [9.17, 15) is 18.0 Å². The highest BCUT2D eigenvalue weighted by Crippen LogP contribution is 2.18. The number of benzene rings is 1. The van der Waals surface area contributed by atoms with Crippen LogP contribution in [0.25, 0.3) is 0 Å². The molecule has 0 aromatic heterocycles. The number of sulfonamides is 1. The van der Waals surface area contributed by atoms with Gasteiger partial charge in [-0.15, -0.1) is 0 Å². The number of carbonyl (C=O) groups excluding carboxylic acids is 2. The highest BCUT2D eigenvalue weighted by atomic mass is 32.2. The molecule has 0 aliphatic carbocycles. The van der Waals surface area contributed by atoms with E-state index in [1.165, 1.54) is 35.6 Å². The topological polar surface area (TPSA) is 86.8 Å². The second kappa shape index (κ2) is 9.05. The Kier molecular flexibility index (Phi) is 7.22. The van der Waals surface area contributed by atoms with Gasteiger partial charge in [0.15, 0.2) is 0 Å². The normalized spacial score (nSPS) is 16.1. The smallest absolute Gasteiger partial charge is 0.251 e. The standard InChI is InChI=1S/C20H31N3O4S/c1-14(2)20(25)23-12-10-17(11-13-23)21-19(24)16-6-8-18(9-7-16)28(26,27)22(5)15(3)4/h6-9,14-15,17H,10-13H2,1-5H3,(H,21,24). The molecule has 1 aliphatic rings. The third-order valence-electron chi connectivity index (χ3n) is 5.16. The molecule has 0 saturated carbocycles. The highest BCUT2D eigenvalue weighted by molar-refractivity contribution is 7.89. The van der Waals surface area contributed by atoms with Gasteiger partial charge in [0, 0.05) is 43.7 Å². The van der Waals surface area contributed by atoms with Gasteiger partial charge in [-0.1, -0.05) is 13.8 Å². The van der Waals surface area contributed by atoms with E-state index in [0.29, 0.717) is 18.7 Å². The van der Waals surface area contributed by atoms with E-state index in [-0.39, 0.29) is 34.7 Å². The van der Waals surface area contributed by atoms with Crippen LogP contribution in [0.4, 0.5) is 0 Å². The monoisotopic (exact) mass is 409 g/mol. The Bertz CT molecular complexity index is 795. The number of carbonyl (C=O) groups is 2. The first-order chi connectivity index (χ1) is 13.0. The van der Waals surface area contributed by atoms with Crippen LogP contribution in [0.1, 0.15) is 50.9 Å². The van der Waals surface area contributed by atoms with Gasteiger partial charge in [-0.25, -0.2) is 8.42 Å². The molecule has 1 aromatic rings. The zero-order valence-electron chi connectivity index (χ0n) is 17.3. The fourth-order valence-corrected chi connectivity index (χ4v) is 4.47. The number of piperidine rings is 1. The van der Waals surface area contributed by atoms with Gasteiger partial charge in [0.1, 0.15) is 0 Å². The molecule has 1 N–H and O–H groups in total. The summed E-state index contributed by atoms with van der Waals surface area (Å²) in [7, 11) is -2.03. The minimum Gasteiger partial charge on any atom is -0.349 e. The van der Waals surface area contributed by atoms with Crippen molar-refractivity contribution in [3.63, 3.8) is 0 Å². The van der Waals surface area contributed by atoms with Gasteiger partial charge < -0.3 is 10.2 Å². The number of likely N-dealkylation sites (tertiary alicyclic amines) is 1.